The standard InChI is InChI=1S/C15H28N4O/c1-13-4-2-5-14(10-13)6-7-16-11-15-12-19(18-17-15)8-3-9-20/h12-14,16,20H,2-11H2,1H3. The summed E-state index contributed by atoms with van der Waals surface area (Å²) in [5.74, 6) is 1.83. The van der Waals surface area contributed by atoms with E-state index >= 15 is 0 Å². The van der Waals surface area contributed by atoms with E-state index in [1.54, 1.807) is 4.68 Å². The predicted octanol–water partition coefficient (Wildman–Crippen LogP) is 1.97. The Morgan fingerprint density at radius 3 is 3.15 bits per heavy atom. The molecule has 0 bridgehead atoms. The molecule has 0 aliphatic heterocycles. The van der Waals surface area contributed by atoms with Crippen LogP contribution in [0.4, 0.5) is 0 Å². The Labute approximate surface area is 121 Å². The minimum Gasteiger partial charge on any atom is -0.396 e. The summed E-state index contributed by atoms with van der Waals surface area (Å²) in [6.45, 7) is 5.18. The number of aromatic nitrogens is 3. The molecule has 2 rings (SSSR count). The summed E-state index contributed by atoms with van der Waals surface area (Å²) in [5.41, 5.74) is 0.986. The second-order valence-electron chi connectivity index (χ2n) is 6.15. The quantitative estimate of drug-likeness (QED) is 0.715. The van der Waals surface area contributed by atoms with Crippen molar-refractivity contribution in [3.63, 3.8) is 0 Å². The lowest BCUT2D eigenvalue weighted by atomic mass is 9.81. The minimum absolute atomic E-state index is 0.202. The zero-order chi connectivity index (χ0) is 14.2. The average molecular weight is 280 g/mol. The van der Waals surface area contributed by atoms with E-state index < -0.39 is 0 Å². The number of rotatable bonds is 8. The van der Waals surface area contributed by atoms with Gasteiger partial charge in [-0.25, -0.2) is 0 Å². The first-order chi connectivity index (χ1) is 9.78. The van der Waals surface area contributed by atoms with Crippen LogP contribution >= 0.6 is 0 Å². The molecule has 2 N–H and O–H groups in total. The van der Waals surface area contributed by atoms with Crippen LogP contribution in [-0.2, 0) is 13.1 Å². The van der Waals surface area contributed by atoms with Crippen LogP contribution in [0.5, 0.6) is 0 Å². The van der Waals surface area contributed by atoms with Crippen LogP contribution in [0.15, 0.2) is 6.20 Å². The summed E-state index contributed by atoms with van der Waals surface area (Å²) >= 11 is 0. The molecule has 0 radical (unpaired) electrons. The van der Waals surface area contributed by atoms with Crippen molar-refractivity contribution in [2.24, 2.45) is 11.8 Å². The summed E-state index contributed by atoms with van der Waals surface area (Å²) in [7, 11) is 0. The van der Waals surface area contributed by atoms with Crippen molar-refractivity contribution in [3.8, 4) is 0 Å². The second-order valence-corrected chi connectivity index (χ2v) is 6.15. The highest BCUT2D eigenvalue weighted by atomic mass is 16.3. The third-order valence-electron chi connectivity index (χ3n) is 4.21. The Morgan fingerprint density at radius 1 is 1.45 bits per heavy atom. The van der Waals surface area contributed by atoms with Gasteiger partial charge >= 0.3 is 0 Å². The molecule has 20 heavy (non-hydrogen) atoms. The van der Waals surface area contributed by atoms with Gasteiger partial charge in [-0.3, -0.25) is 4.68 Å². The van der Waals surface area contributed by atoms with Crippen LogP contribution < -0.4 is 5.32 Å². The van der Waals surface area contributed by atoms with Crippen molar-refractivity contribution in [3.05, 3.63) is 11.9 Å². The number of hydrogen-bond donors (Lipinski definition) is 2. The van der Waals surface area contributed by atoms with E-state index in [0.717, 1.165) is 43.6 Å². The Morgan fingerprint density at radius 2 is 2.35 bits per heavy atom. The van der Waals surface area contributed by atoms with Gasteiger partial charge in [-0.2, -0.15) is 0 Å². The maximum absolute atomic E-state index is 8.78. The molecule has 114 valence electrons. The Bertz CT molecular complexity index is 380. The molecular weight excluding hydrogens is 252 g/mol. The summed E-state index contributed by atoms with van der Waals surface area (Å²) < 4.78 is 1.80. The predicted molar refractivity (Wildman–Crippen MR) is 79.2 cm³/mol. The molecule has 0 saturated heterocycles. The van der Waals surface area contributed by atoms with Crippen LogP contribution in [0.1, 0.15) is 51.1 Å². The molecule has 1 aliphatic rings. The largest absolute Gasteiger partial charge is 0.396 e. The third kappa shape index (κ3) is 5.21. The van der Waals surface area contributed by atoms with Crippen molar-refractivity contribution in [2.75, 3.05) is 13.2 Å². The molecule has 1 heterocycles. The van der Waals surface area contributed by atoms with Gasteiger partial charge in [0.05, 0.1) is 5.69 Å². The second kappa shape index (κ2) is 8.37. The van der Waals surface area contributed by atoms with Gasteiger partial charge in [0.1, 0.15) is 0 Å². The number of hydrogen-bond acceptors (Lipinski definition) is 4. The molecule has 1 aromatic rings. The molecule has 2 atom stereocenters. The van der Waals surface area contributed by atoms with Crippen molar-refractivity contribution in [1.29, 1.82) is 0 Å². The van der Waals surface area contributed by atoms with Gasteiger partial charge in [0, 0.05) is 25.9 Å². The number of aryl methyl sites for hydroxylation is 1. The maximum Gasteiger partial charge on any atom is 0.0964 e. The molecule has 1 fully saturated rings. The smallest absolute Gasteiger partial charge is 0.0964 e. The SMILES string of the molecule is CC1CCCC(CCNCc2cn(CCCO)nn2)C1. The summed E-state index contributed by atoms with van der Waals surface area (Å²) in [6, 6.07) is 0. The molecule has 2 unspecified atom stereocenters. The van der Waals surface area contributed by atoms with Crippen LogP contribution in [0.25, 0.3) is 0 Å². The van der Waals surface area contributed by atoms with E-state index in [1.807, 2.05) is 6.20 Å². The third-order valence-corrected chi connectivity index (χ3v) is 4.21. The lowest BCUT2D eigenvalue weighted by molar-refractivity contribution is 0.267. The Kier molecular flexibility index (Phi) is 6.47. The van der Waals surface area contributed by atoms with Crippen molar-refractivity contribution >= 4 is 0 Å². The maximum atomic E-state index is 8.78. The molecular formula is C15H28N4O. The van der Waals surface area contributed by atoms with Crippen LogP contribution in [0.2, 0.25) is 0 Å². The zero-order valence-electron chi connectivity index (χ0n) is 12.6. The molecule has 0 aromatic carbocycles. The van der Waals surface area contributed by atoms with Crippen molar-refractivity contribution in [2.45, 2.75) is 58.5 Å². The highest BCUT2D eigenvalue weighted by molar-refractivity contribution is 4.91. The lowest BCUT2D eigenvalue weighted by Crippen LogP contribution is -2.21. The monoisotopic (exact) mass is 280 g/mol. The number of aliphatic hydroxyl groups is 1. The number of nitrogens with one attached hydrogen (secondary N) is 1. The van der Waals surface area contributed by atoms with Gasteiger partial charge in [0.2, 0.25) is 0 Å². The lowest BCUT2D eigenvalue weighted by Gasteiger charge is -2.26. The summed E-state index contributed by atoms with van der Waals surface area (Å²) in [4.78, 5) is 0. The summed E-state index contributed by atoms with van der Waals surface area (Å²) in [5, 5.41) is 20.4. The first-order valence-electron chi connectivity index (χ1n) is 7.98. The number of nitrogens with zero attached hydrogens (tertiary/aromatic N) is 3. The molecule has 0 spiro atoms. The molecule has 0 amide bonds. The van der Waals surface area contributed by atoms with Crippen molar-refractivity contribution in [1.82, 2.24) is 20.3 Å². The Balaban J connectivity index is 1.59. The van der Waals surface area contributed by atoms with Gasteiger partial charge < -0.3 is 10.4 Å². The van der Waals surface area contributed by atoms with Gasteiger partial charge in [0.25, 0.3) is 0 Å². The summed E-state index contributed by atoms with van der Waals surface area (Å²) in [6.07, 6.45) is 9.61. The highest BCUT2D eigenvalue weighted by Gasteiger charge is 2.18. The van der Waals surface area contributed by atoms with Gasteiger partial charge in [-0.15, -0.1) is 5.10 Å². The molecule has 5 nitrogen and oxygen atoms in total. The van der Waals surface area contributed by atoms with E-state index in [-0.39, 0.29) is 6.61 Å². The van der Waals surface area contributed by atoms with Gasteiger partial charge in [-0.05, 0) is 37.6 Å². The van der Waals surface area contributed by atoms with Gasteiger partial charge in [0.15, 0.2) is 0 Å². The molecule has 1 saturated carbocycles. The highest BCUT2D eigenvalue weighted by Crippen LogP contribution is 2.30. The topological polar surface area (TPSA) is 63.0 Å². The van der Waals surface area contributed by atoms with E-state index in [2.05, 4.69) is 22.6 Å². The molecule has 1 aromatic heterocycles. The first-order valence-corrected chi connectivity index (χ1v) is 7.98. The fourth-order valence-corrected chi connectivity index (χ4v) is 3.11. The molecule has 1 aliphatic carbocycles. The zero-order valence-corrected chi connectivity index (χ0v) is 12.6. The van der Waals surface area contributed by atoms with E-state index in [9.17, 15) is 0 Å². The first kappa shape index (κ1) is 15.4. The van der Waals surface area contributed by atoms with Crippen LogP contribution in [-0.4, -0.2) is 33.3 Å². The van der Waals surface area contributed by atoms with E-state index in [4.69, 9.17) is 5.11 Å². The van der Waals surface area contributed by atoms with Crippen LogP contribution in [0.3, 0.4) is 0 Å². The fraction of sp³-hybridized carbons (Fsp3) is 0.867. The van der Waals surface area contributed by atoms with Crippen LogP contribution in [0, 0.1) is 11.8 Å². The van der Waals surface area contributed by atoms with Gasteiger partial charge in [-0.1, -0.05) is 31.4 Å². The fourth-order valence-electron chi connectivity index (χ4n) is 3.11. The Hall–Kier alpha value is -0.940. The molecule has 5 heteroatoms. The van der Waals surface area contributed by atoms with E-state index in [1.165, 1.54) is 32.1 Å². The normalized spacial score (nSPS) is 23.1. The minimum atomic E-state index is 0.202. The average Bonchev–Trinajstić information content (AvgIpc) is 2.89. The van der Waals surface area contributed by atoms with E-state index in [0.29, 0.717) is 0 Å². The van der Waals surface area contributed by atoms with Crippen molar-refractivity contribution < 1.29 is 5.11 Å². The number of aliphatic hydroxyl groups excluding tert-OH is 1.